The Morgan fingerprint density at radius 1 is 1.06 bits per heavy atom. The minimum Gasteiger partial charge on any atom is -0.488 e. The number of hydrogen-bond acceptors (Lipinski definition) is 6. The van der Waals surface area contributed by atoms with Gasteiger partial charge in [-0.05, 0) is 54.4 Å². The molecule has 1 aromatic heterocycles. The molecule has 0 aliphatic heterocycles. The minimum atomic E-state index is -0.291. The van der Waals surface area contributed by atoms with Gasteiger partial charge in [0.1, 0.15) is 18.2 Å². The monoisotopic (exact) mass is 474 g/mol. The highest BCUT2D eigenvalue weighted by Crippen LogP contribution is 2.27. The number of halogens is 1. The Hall–Kier alpha value is -3.78. The van der Waals surface area contributed by atoms with Gasteiger partial charge in [-0.1, -0.05) is 54.2 Å². The van der Waals surface area contributed by atoms with Crippen LogP contribution in [0.15, 0.2) is 77.0 Å². The van der Waals surface area contributed by atoms with Crippen molar-refractivity contribution in [2.45, 2.75) is 25.6 Å². The van der Waals surface area contributed by atoms with Gasteiger partial charge in [-0.25, -0.2) is 19.8 Å². The SMILES string of the molecule is Cc1cc(C)nc(SCC(=O)N/N=C\c2c(OCc3ccc(F)cc3)ccc3ccccc23)n1. The van der Waals surface area contributed by atoms with Crippen LogP contribution in [0.2, 0.25) is 0 Å². The number of hydrogen-bond donors (Lipinski definition) is 1. The van der Waals surface area contributed by atoms with Crippen molar-refractivity contribution < 1.29 is 13.9 Å². The summed E-state index contributed by atoms with van der Waals surface area (Å²) in [5, 5.41) is 6.68. The van der Waals surface area contributed by atoms with E-state index in [2.05, 4.69) is 20.5 Å². The number of hydrazone groups is 1. The van der Waals surface area contributed by atoms with Crippen molar-refractivity contribution in [3.63, 3.8) is 0 Å². The Morgan fingerprint density at radius 3 is 2.56 bits per heavy atom. The van der Waals surface area contributed by atoms with Gasteiger partial charge in [-0.15, -0.1) is 0 Å². The molecule has 0 saturated heterocycles. The lowest BCUT2D eigenvalue weighted by Crippen LogP contribution is -2.20. The number of thioether (sulfide) groups is 1. The van der Waals surface area contributed by atoms with E-state index in [0.29, 0.717) is 10.9 Å². The molecule has 1 N–H and O–H groups in total. The van der Waals surface area contributed by atoms with E-state index in [0.717, 1.165) is 33.3 Å². The van der Waals surface area contributed by atoms with Gasteiger partial charge in [0.25, 0.3) is 5.91 Å². The second-order valence-electron chi connectivity index (χ2n) is 7.63. The highest BCUT2D eigenvalue weighted by Gasteiger charge is 2.09. The summed E-state index contributed by atoms with van der Waals surface area (Å²) in [6, 6.07) is 19.7. The van der Waals surface area contributed by atoms with Crippen LogP contribution in [0.4, 0.5) is 4.39 Å². The Kier molecular flexibility index (Phi) is 7.49. The number of aromatic nitrogens is 2. The molecule has 0 atom stereocenters. The summed E-state index contributed by atoms with van der Waals surface area (Å²) in [7, 11) is 0. The van der Waals surface area contributed by atoms with Gasteiger partial charge in [0, 0.05) is 17.0 Å². The molecule has 8 heteroatoms. The molecular formula is C26H23FN4O2S. The summed E-state index contributed by atoms with van der Waals surface area (Å²) in [5.41, 5.74) is 5.86. The molecule has 0 aliphatic carbocycles. The third-order valence-electron chi connectivity index (χ3n) is 4.92. The normalized spacial score (nSPS) is 11.1. The first-order chi connectivity index (χ1) is 16.5. The summed E-state index contributed by atoms with van der Waals surface area (Å²) in [6.07, 6.45) is 1.58. The molecule has 0 bridgehead atoms. The summed E-state index contributed by atoms with van der Waals surface area (Å²) >= 11 is 1.26. The van der Waals surface area contributed by atoms with Crippen LogP contribution >= 0.6 is 11.8 Å². The quantitative estimate of drug-likeness (QED) is 0.164. The highest BCUT2D eigenvalue weighted by molar-refractivity contribution is 7.99. The highest BCUT2D eigenvalue weighted by atomic mass is 32.2. The first-order valence-electron chi connectivity index (χ1n) is 10.6. The molecule has 1 amide bonds. The maximum absolute atomic E-state index is 13.2. The standard InChI is InChI=1S/C26H23FN4O2S/c1-17-13-18(2)30-26(29-17)34-16-25(32)31-28-14-23-22-6-4-3-5-20(22)9-12-24(23)33-15-19-7-10-21(27)11-8-19/h3-14H,15-16H2,1-2H3,(H,31,32)/b28-14-. The van der Waals surface area contributed by atoms with Gasteiger partial charge >= 0.3 is 0 Å². The number of fused-ring (bicyclic) bond motifs is 1. The Bertz CT molecular complexity index is 1320. The number of carbonyl (C=O) groups excluding carboxylic acids is 1. The van der Waals surface area contributed by atoms with Crippen LogP contribution in [0.5, 0.6) is 5.75 Å². The molecule has 0 saturated carbocycles. The lowest BCUT2D eigenvalue weighted by Gasteiger charge is -2.12. The fraction of sp³-hybridized carbons (Fsp3) is 0.154. The third-order valence-corrected chi connectivity index (χ3v) is 5.76. The topological polar surface area (TPSA) is 76.5 Å². The predicted molar refractivity (Wildman–Crippen MR) is 133 cm³/mol. The van der Waals surface area contributed by atoms with Crippen molar-refractivity contribution in [1.82, 2.24) is 15.4 Å². The molecule has 0 spiro atoms. The predicted octanol–water partition coefficient (Wildman–Crippen LogP) is 5.21. The van der Waals surface area contributed by atoms with Gasteiger partial charge in [0.05, 0.1) is 12.0 Å². The first kappa shape index (κ1) is 23.4. The molecule has 4 aromatic rings. The molecule has 172 valence electrons. The Morgan fingerprint density at radius 2 is 1.79 bits per heavy atom. The van der Waals surface area contributed by atoms with E-state index in [4.69, 9.17) is 4.74 Å². The molecule has 6 nitrogen and oxygen atoms in total. The van der Waals surface area contributed by atoms with Crippen LogP contribution in [0.3, 0.4) is 0 Å². The molecule has 34 heavy (non-hydrogen) atoms. The lowest BCUT2D eigenvalue weighted by molar-refractivity contribution is -0.118. The van der Waals surface area contributed by atoms with Crippen molar-refractivity contribution in [2.75, 3.05) is 5.75 Å². The van der Waals surface area contributed by atoms with Gasteiger partial charge in [0.15, 0.2) is 5.16 Å². The van der Waals surface area contributed by atoms with E-state index < -0.39 is 0 Å². The number of amides is 1. The van der Waals surface area contributed by atoms with Gasteiger partial charge < -0.3 is 4.74 Å². The van der Waals surface area contributed by atoms with Crippen LogP contribution < -0.4 is 10.2 Å². The minimum absolute atomic E-state index is 0.143. The van der Waals surface area contributed by atoms with Crippen LogP contribution in [-0.4, -0.2) is 27.8 Å². The number of nitrogens with zero attached hydrogens (tertiary/aromatic N) is 3. The fourth-order valence-corrected chi connectivity index (χ4v) is 4.11. The maximum atomic E-state index is 13.2. The zero-order chi connectivity index (χ0) is 23.9. The van der Waals surface area contributed by atoms with Gasteiger partial charge in [0.2, 0.25) is 0 Å². The third kappa shape index (κ3) is 6.17. The first-order valence-corrected chi connectivity index (χ1v) is 11.6. The molecule has 0 fully saturated rings. The molecule has 3 aromatic carbocycles. The Balaban J connectivity index is 1.46. The Labute approximate surface area is 201 Å². The van der Waals surface area contributed by atoms with Crippen molar-refractivity contribution in [3.05, 3.63) is 95.1 Å². The lowest BCUT2D eigenvalue weighted by atomic mass is 10.0. The number of nitrogens with one attached hydrogen (secondary N) is 1. The maximum Gasteiger partial charge on any atom is 0.250 e. The summed E-state index contributed by atoms with van der Waals surface area (Å²) in [4.78, 5) is 21.0. The molecule has 0 unspecified atom stereocenters. The molecular weight excluding hydrogens is 451 g/mol. The van der Waals surface area contributed by atoms with E-state index in [1.54, 1.807) is 18.3 Å². The van der Waals surface area contributed by atoms with E-state index in [1.165, 1.54) is 23.9 Å². The van der Waals surface area contributed by atoms with Gasteiger partial charge in [-0.2, -0.15) is 5.10 Å². The number of carbonyl (C=O) groups is 1. The summed E-state index contributed by atoms with van der Waals surface area (Å²) in [5.74, 6) is 0.196. The zero-order valence-corrected chi connectivity index (χ0v) is 19.6. The average molecular weight is 475 g/mol. The largest absolute Gasteiger partial charge is 0.488 e. The molecule has 4 rings (SSSR count). The zero-order valence-electron chi connectivity index (χ0n) is 18.8. The van der Waals surface area contributed by atoms with E-state index in [-0.39, 0.29) is 24.1 Å². The summed E-state index contributed by atoms with van der Waals surface area (Å²) < 4.78 is 19.2. The second-order valence-corrected chi connectivity index (χ2v) is 8.57. The number of aryl methyl sites for hydroxylation is 2. The molecule has 1 heterocycles. The summed E-state index contributed by atoms with van der Waals surface area (Å²) in [6.45, 7) is 4.06. The van der Waals surface area contributed by atoms with Crippen LogP contribution in [0, 0.1) is 19.7 Å². The van der Waals surface area contributed by atoms with E-state index in [9.17, 15) is 9.18 Å². The van der Waals surface area contributed by atoms with Crippen molar-refractivity contribution >= 4 is 34.7 Å². The number of benzene rings is 3. The van der Waals surface area contributed by atoms with Crippen molar-refractivity contribution in [3.8, 4) is 5.75 Å². The van der Waals surface area contributed by atoms with Crippen LogP contribution in [0.1, 0.15) is 22.5 Å². The van der Waals surface area contributed by atoms with Gasteiger partial charge in [-0.3, -0.25) is 4.79 Å². The number of rotatable bonds is 8. The van der Waals surface area contributed by atoms with E-state index >= 15 is 0 Å². The number of ether oxygens (including phenoxy) is 1. The van der Waals surface area contributed by atoms with Crippen molar-refractivity contribution in [2.24, 2.45) is 5.10 Å². The van der Waals surface area contributed by atoms with E-state index in [1.807, 2.05) is 56.3 Å². The fourth-order valence-electron chi connectivity index (χ4n) is 3.37. The van der Waals surface area contributed by atoms with Crippen LogP contribution in [-0.2, 0) is 11.4 Å². The molecule has 0 radical (unpaired) electrons. The molecule has 0 aliphatic rings. The van der Waals surface area contributed by atoms with Crippen LogP contribution in [0.25, 0.3) is 10.8 Å². The van der Waals surface area contributed by atoms with Crippen molar-refractivity contribution in [1.29, 1.82) is 0 Å². The smallest absolute Gasteiger partial charge is 0.250 e. The second kappa shape index (κ2) is 10.9. The average Bonchev–Trinajstić information content (AvgIpc) is 2.82.